The Balaban J connectivity index is 1.86. The Bertz CT molecular complexity index is 868. The Hall–Kier alpha value is -2.46. The molecule has 0 bridgehead atoms. The van der Waals surface area contributed by atoms with Gasteiger partial charge in [-0.05, 0) is 19.1 Å². The normalized spacial score (nSPS) is 20.8. The first kappa shape index (κ1) is 18.3. The van der Waals surface area contributed by atoms with Gasteiger partial charge in [0.25, 0.3) is 0 Å². The van der Waals surface area contributed by atoms with Crippen molar-refractivity contribution in [3.8, 4) is 5.75 Å². The number of likely N-dealkylation sites (N-methyl/N-ethyl adjacent to an activating group) is 1. The van der Waals surface area contributed by atoms with Crippen molar-refractivity contribution < 1.29 is 17.9 Å². The molecule has 10 heteroatoms. The topological polar surface area (TPSA) is 106 Å². The van der Waals surface area contributed by atoms with E-state index in [2.05, 4.69) is 15.4 Å². The molecule has 140 valence electrons. The average Bonchev–Trinajstić information content (AvgIpc) is 3.29. The van der Waals surface area contributed by atoms with Crippen LogP contribution in [0.3, 0.4) is 0 Å². The van der Waals surface area contributed by atoms with Crippen LogP contribution in [0.15, 0.2) is 41.8 Å². The fourth-order valence-corrected chi connectivity index (χ4v) is 4.51. The maximum Gasteiger partial charge on any atom is 0.247 e. The van der Waals surface area contributed by atoms with Gasteiger partial charge in [0.15, 0.2) is 0 Å². The zero-order valence-electron chi connectivity index (χ0n) is 14.6. The van der Waals surface area contributed by atoms with E-state index in [1.54, 1.807) is 24.5 Å². The number of carbonyl (C=O) groups excluding carboxylic acids is 1. The summed E-state index contributed by atoms with van der Waals surface area (Å²) in [6.07, 6.45) is 5.75. The Morgan fingerprint density at radius 1 is 1.42 bits per heavy atom. The molecule has 1 N–H and O–H groups in total. The number of aryl methyl sites for hydroxylation is 1. The van der Waals surface area contributed by atoms with Crippen LogP contribution in [0, 0.1) is 0 Å². The minimum Gasteiger partial charge on any atom is -0.487 e. The quantitative estimate of drug-likeness (QED) is 0.771. The van der Waals surface area contributed by atoms with Crippen LogP contribution in [0.4, 0.5) is 0 Å². The van der Waals surface area contributed by atoms with Crippen molar-refractivity contribution in [2.45, 2.75) is 36.9 Å². The fourth-order valence-electron chi connectivity index (χ4n) is 2.92. The summed E-state index contributed by atoms with van der Waals surface area (Å²) in [5.41, 5.74) is 0. The summed E-state index contributed by atoms with van der Waals surface area (Å²) in [5.74, 6) is 0.167. The highest BCUT2D eigenvalue weighted by Crippen LogP contribution is 2.28. The lowest BCUT2D eigenvalue weighted by atomic mass is 10.2. The zero-order valence-corrected chi connectivity index (χ0v) is 15.4. The van der Waals surface area contributed by atoms with E-state index in [1.807, 2.05) is 6.92 Å². The van der Waals surface area contributed by atoms with E-state index in [-0.39, 0.29) is 23.8 Å². The van der Waals surface area contributed by atoms with Gasteiger partial charge >= 0.3 is 0 Å². The average molecular weight is 379 g/mol. The van der Waals surface area contributed by atoms with Crippen LogP contribution >= 0.6 is 0 Å². The number of carbonyl (C=O) groups is 1. The minimum atomic E-state index is -3.86. The number of hydrogen-bond acceptors (Lipinski definition) is 6. The van der Waals surface area contributed by atoms with Crippen LogP contribution in [-0.4, -0.2) is 59.1 Å². The van der Waals surface area contributed by atoms with Crippen LogP contribution < -0.4 is 10.1 Å². The third-order valence-corrected chi connectivity index (χ3v) is 6.07. The van der Waals surface area contributed by atoms with Crippen molar-refractivity contribution in [2.75, 3.05) is 13.6 Å². The number of amides is 1. The SMILES string of the molecule is CCn1cc(S(=O)(=O)N2C[C@@H](Oc3cccnc3)C[C@H]2C(=O)NC)cn1. The molecular weight excluding hydrogens is 358 g/mol. The summed E-state index contributed by atoms with van der Waals surface area (Å²) in [4.78, 5) is 16.3. The van der Waals surface area contributed by atoms with Crippen molar-refractivity contribution in [1.29, 1.82) is 0 Å². The van der Waals surface area contributed by atoms with E-state index >= 15 is 0 Å². The van der Waals surface area contributed by atoms with Crippen molar-refractivity contribution in [1.82, 2.24) is 24.4 Å². The van der Waals surface area contributed by atoms with Gasteiger partial charge in [0, 0.05) is 32.4 Å². The van der Waals surface area contributed by atoms with Gasteiger partial charge in [-0.25, -0.2) is 8.42 Å². The molecule has 3 heterocycles. The maximum absolute atomic E-state index is 13.0. The van der Waals surface area contributed by atoms with Crippen LogP contribution in [0.5, 0.6) is 5.75 Å². The number of pyridine rings is 1. The molecule has 0 aromatic carbocycles. The van der Waals surface area contributed by atoms with Gasteiger partial charge in [-0.15, -0.1) is 0 Å². The van der Waals surface area contributed by atoms with E-state index in [0.29, 0.717) is 12.3 Å². The summed E-state index contributed by atoms with van der Waals surface area (Å²) in [7, 11) is -2.38. The molecule has 1 aliphatic heterocycles. The molecule has 2 aromatic rings. The molecule has 0 aliphatic carbocycles. The molecule has 0 saturated carbocycles. The number of sulfonamides is 1. The number of ether oxygens (including phenoxy) is 1. The molecule has 2 atom stereocenters. The first-order chi connectivity index (χ1) is 12.5. The molecule has 1 saturated heterocycles. The van der Waals surface area contributed by atoms with Crippen LogP contribution in [0.1, 0.15) is 13.3 Å². The molecule has 1 aliphatic rings. The number of nitrogens with one attached hydrogen (secondary N) is 1. The Morgan fingerprint density at radius 3 is 2.85 bits per heavy atom. The van der Waals surface area contributed by atoms with E-state index < -0.39 is 22.2 Å². The summed E-state index contributed by atoms with van der Waals surface area (Å²) < 4.78 is 34.6. The van der Waals surface area contributed by atoms with Crippen molar-refractivity contribution in [2.24, 2.45) is 0 Å². The van der Waals surface area contributed by atoms with Gasteiger partial charge in [0.2, 0.25) is 15.9 Å². The zero-order chi connectivity index (χ0) is 18.7. The van der Waals surface area contributed by atoms with Gasteiger partial charge in [-0.2, -0.15) is 9.40 Å². The van der Waals surface area contributed by atoms with Gasteiger partial charge < -0.3 is 10.1 Å². The van der Waals surface area contributed by atoms with Crippen LogP contribution in [0.2, 0.25) is 0 Å². The van der Waals surface area contributed by atoms with Gasteiger partial charge in [-0.3, -0.25) is 14.5 Å². The summed E-state index contributed by atoms with van der Waals surface area (Å²) in [6, 6.07) is 2.63. The van der Waals surface area contributed by atoms with E-state index in [4.69, 9.17) is 4.74 Å². The highest BCUT2D eigenvalue weighted by atomic mass is 32.2. The first-order valence-corrected chi connectivity index (χ1v) is 9.72. The lowest BCUT2D eigenvalue weighted by Gasteiger charge is -2.21. The third-order valence-electron chi connectivity index (χ3n) is 4.24. The van der Waals surface area contributed by atoms with Gasteiger partial charge in [-0.1, -0.05) is 0 Å². The van der Waals surface area contributed by atoms with Crippen LogP contribution in [0.25, 0.3) is 0 Å². The molecular formula is C16H21N5O4S. The molecule has 26 heavy (non-hydrogen) atoms. The summed E-state index contributed by atoms with van der Waals surface area (Å²) in [5, 5.41) is 6.55. The molecule has 0 radical (unpaired) electrons. The molecule has 1 amide bonds. The standard InChI is InChI=1S/C16H21N5O4S/c1-3-20-11-14(9-19-20)26(23,24)21-10-13(7-15(21)16(22)17-2)25-12-5-4-6-18-8-12/h4-6,8-9,11,13,15H,3,7,10H2,1-2H3,(H,17,22)/t13-,15-/m0/s1. The van der Waals surface area contributed by atoms with Crippen molar-refractivity contribution in [3.63, 3.8) is 0 Å². The monoisotopic (exact) mass is 379 g/mol. The van der Waals surface area contributed by atoms with Gasteiger partial charge in [0.05, 0.1) is 18.9 Å². The Morgan fingerprint density at radius 2 is 2.23 bits per heavy atom. The second-order valence-corrected chi connectivity index (χ2v) is 7.79. The van der Waals surface area contributed by atoms with E-state index in [0.717, 1.165) is 0 Å². The number of hydrogen-bond donors (Lipinski definition) is 1. The van der Waals surface area contributed by atoms with Crippen molar-refractivity contribution in [3.05, 3.63) is 36.9 Å². The summed E-state index contributed by atoms with van der Waals surface area (Å²) in [6.45, 7) is 2.50. The highest BCUT2D eigenvalue weighted by Gasteiger charge is 2.45. The Kier molecular flexibility index (Phi) is 5.23. The van der Waals surface area contributed by atoms with E-state index in [1.165, 1.54) is 28.4 Å². The van der Waals surface area contributed by atoms with Gasteiger partial charge in [0.1, 0.15) is 22.8 Å². The summed E-state index contributed by atoms with van der Waals surface area (Å²) >= 11 is 0. The fraction of sp³-hybridized carbons (Fsp3) is 0.438. The minimum absolute atomic E-state index is 0.0651. The molecule has 0 spiro atoms. The number of rotatable bonds is 6. The molecule has 9 nitrogen and oxygen atoms in total. The third kappa shape index (κ3) is 3.56. The molecule has 1 fully saturated rings. The second-order valence-electron chi connectivity index (χ2n) is 5.90. The number of aromatic nitrogens is 3. The predicted molar refractivity (Wildman–Crippen MR) is 92.9 cm³/mol. The lowest BCUT2D eigenvalue weighted by molar-refractivity contribution is -0.123. The first-order valence-electron chi connectivity index (χ1n) is 8.28. The smallest absolute Gasteiger partial charge is 0.247 e. The van der Waals surface area contributed by atoms with Crippen molar-refractivity contribution >= 4 is 15.9 Å². The van der Waals surface area contributed by atoms with Crippen LogP contribution in [-0.2, 0) is 21.4 Å². The number of nitrogens with zero attached hydrogens (tertiary/aromatic N) is 4. The molecule has 2 aromatic heterocycles. The lowest BCUT2D eigenvalue weighted by Crippen LogP contribution is -2.44. The molecule has 3 rings (SSSR count). The highest BCUT2D eigenvalue weighted by molar-refractivity contribution is 7.89. The Labute approximate surface area is 152 Å². The maximum atomic E-state index is 13.0. The predicted octanol–water partition coefficient (Wildman–Crippen LogP) is 0.255. The largest absolute Gasteiger partial charge is 0.487 e. The molecule has 0 unspecified atom stereocenters. The second kappa shape index (κ2) is 7.42. The van der Waals surface area contributed by atoms with E-state index in [9.17, 15) is 13.2 Å².